The maximum absolute atomic E-state index is 14.0. The van der Waals surface area contributed by atoms with E-state index in [2.05, 4.69) is 22.3 Å². The first kappa shape index (κ1) is 22.4. The second kappa shape index (κ2) is 9.36. The van der Waals surface area contributed by atoms with Gasteiger partial charge >= 0.3 is 5.97 Å². The Morgan fingerprint density at radius 1 is 1.25 bits per heavy atom. The van der Waals surface area contributed by atoms with E-state index < -0.39 is 35.5 Å². The Hall–Kier alpha value is -2.81. The molecule has 7 nitrogen and oxygen atoms in total. The smallest absolute Gasteiger partial charge is 0.309 e. The Balaban J connectivity index is 1.44. The monoisotopic (exact) mass is 447 g/mol. The lowest BCUT2D eigenvalue weighted by atomic mass is 9.89. The molecule has 2 heterocycles. The molecule has 1 saturated heterocycles. The number of nitrogens with zero attached hydrogens (tertiary/aromatic N) is 2. The molecule has 1 aromatic heterocycles. The van der Waals surface area contributed by atoms with Gasteiger partial charge in [0.1, 0.15) is 11.6 Å². The third-order valence-electron chi connectivity index (χ3n) is 6.83. The molecule has 2 unspecified atom stereocenters. The van der Waals surface area contributed by atoms with E-state index in [1.54, 1.807) is 0 Å². The molecule has 1 aromatic carbocycles. The van der Waals surface area contributed by atoms with Crippen LogP contribution in [0.25, 0.3) is 11.3 Å². The molecular formula is C23H27F2N3O4. The van der Waals surface area contributed by atoms with Gasteiger partial charge in [-0.2, -0.15) is 0 Å². The van der Waals surface area contributed by atoms with Crippen molar-refractivity contribution in [2.75, 3.05) is 13.1 Å². The molecule has 2 N–H and O–H groups in total. The molecule has 0 spiro atoms. The highest BCUT2D eigenvalue weighted by Gasteiger charge is 2.40. The number of halogens is 2. The number of carbonyl (C=O) groups excluding carboxylic acids is 1. The van der Waals surface area contributed by atoms with E-state index >= 15 is 0 Å². The number of piperidine rings is 1. The maximum Gasteiger partial charge on any atom is 0.309 e. The van der Waals surface area contributed by atoms with Gasteiger partial charge in [-0.3, -0.25) is 14.5 Å². The van der Waals surface area contributed by atoms with Crippen molar-refractivity contribution in [1.29, 1.82) is 0 Å². The summed E-state index contributed by atoms with van der Waals surface area (Å²) in [7, 11) is 0. The van der Waals surface area contributed by atoms with Crippen molar-refractivity contribution in [3.8, 4) is 11.3 Å². The van der Waals surface area contributed by atoms with Crippen LogP contribution in [0.1, 0.15) is 49.5 Å². The van der Waals surface area contributed by atoms with Crippen molar-refractivity contribution in [2.24, 2.45) is 11.8 Å². The van der Waals surface area contributed by atoms with Crippen molar-refractivity contribution < 1.29 is 28.0 Å². The van der Waals surface area contributed by atoms with E-state index in [4.69, 9.17) is 4.52 Å². The van der Waals surface area contributed by atoms with Crippen LogP contribution < -0.4 is 5.32 Å². The normalized spacial score (nSPS) is 26.2. The molecular weight excluding hydrogens is 420 g/mol. The van der Waals surface area contributed by atoms with Gasteiger partial charge in [0.15, 0.2) is 11.5 Å². The molecule has 1 saturated carbocycles. The number of hydrogen-bond donors (Lipinski definition) is 2. The zero-order valence-corrected chi connectivity index (χ0v) is 17.9. The first-order valence-electron chi connectivity index (χ1n) is 11.1. The Morgan fingerprint density at radius 3 is 2.78 bits per heavy atom. The molecule has 172 valence electrons. The van der Waals surface area contributed by atoms with Crippen molar-refractivity contribution in [3.05, 3.63) is 41.6 Å². The highest BCUT2D eigenvalue weighted by Crippen LogP contribution is 2.34. The van der Waals surface area contributed by atoms with E-state index in [1.807, 2.05) is 0 Å². The molecule has 4 atom stereocenters. The standard InChI is InChI=1S/C23H27F2N3O4/c1-2-13-4-3-5-20(13)28-9-8-18(16(12-28)23(30)31)26-22(29)19-11-21(32-27-19)15-7-6-14(24)10-17(15)25/h6-7,10-11,13,16,18,20H,2-5,8-9,12H2,1H3,(H,26,29)(H,30,31)/t13?,16-,18-,20?/m1/s1. The molecule has 4 rings (SSSR count). The van der Waals surface area contributed by atoms with Crippen LogP contribution in [0, 0.1) is 23.5 Å². The van der Waals surface area contributed by atoms with Crippen LogP contribution in [0.15, 0.2) is 28.8 Å². The molecule has 2 aromatic rings. The van der Waals surface area contributed by atoms with E-state index in [0.717, 1.165) is 31.5 Å². The number of benzene rings is 1. The second-order valence-electron chi connectivity index (χ2n) is 8.68. The van der Waals surface area contributed by atoms with Crippen LogP contribution in [0.2, 0.25) is 0 Å². The zero-order chi connectivity index (χ0) is 22.8. The van der Waals surface area contributed by atoms with Gasteiger partial charge in [0.05, 0.1) is 11.5 Å². The predicted octanol–water partition coefficient (Wildman–Crippen LogP) is 3.70. The molecule has 1 aliphatic heterocycles. The fourth-order valence-corrected chi connectivity index (χ4v) is 5.12. The number of carboxylic acid groups (broad SMARTS) is 1. The van der Waals surface area contributed by atoms with E-state index in [1.165, 1.54) is 25.0 Å². The minimum Gasteiger partial charge on any atom is -0.481 e. The number of rotatable bonds is 6. The minimum atomic E-state index is -0.944. The zero-order valence-electron chi connectivity index (χ0n) is 17.9. The fraction of sp³-hybridized carbons (Fsp3) is 0.522. The summed E-state index contributed by atoms with van der Waals surface area (Å²) in [6, 6.07) is 4.13. The molecule has 9 heteroatoms. The third-order valence-corrected chi connectivity index (χ3v) is 6.83. The average molecular weight is 447 g/mol. The van der Waals surface area contributed by atoms with E-state index in [-0.39, 0.29) is 17.0 Å². The summed E-state index contributed by atoms with van der Waals surface area (Å²) in [6.07, 6.45) is 5.04. The highest BCUT2D eigenvalue weighted by atomic mass is 19.1. The molecule has 0 bridgehead atoms. The lowest BCUT2D eigenvalue weighted by molar-refractivity contribution is -0.145. The summed E-state index contributed by atoms with van der Waals surface area (Å²) in [4.78, 5) is 26.9. The molecule has 1 amide bonds. The predicted molar refractivity (Wildman–Crippen MR) is 112 cm³/mol. The van der Waals surface area contributed by atoms with Crippen molar-refractivity contribution >= 4 is 11.9 Å². The van der Waals surface area contributed by atoms with Crippen molar-refractivity contribution in [3.63, 3.8) is 0 Å². The van der Waals surface area contributed by atoms with E-state index in [0.29, 0.717) is 24.9 Å². The average Bonchev–Trinajstić information content (AvgIpc) is 3.43. The molecule has 32 heavy (non-hydrogen) atoms. The van der Waals surface area contributed by atoms with Crippen LogP contribution in [-0.2, 0) is 4.79 Å². The van der Waals surface area contributed by atoms with Crippen LogP contribution in [0.3, 0.4) is 0 Å². The molecule has 0 radical (unpaired) electrons. The number of nitrogens with one attached hydrogen (secondary N) is 1. The molecule has 2 fully saturated rings. The number of hydrogen-bond acceptors (Lipinski definition) is 5. The summed E-state index contributed by atoms with van der Waals surface area (Å²) in [6.45, 7) is 3.29. The number of aromatic nitrogens is 1. The van der Waals surface area contributed by atoms with Gasteiger partial charge in [-0.15, -0.1) is 0 Å². The summed E-state index contributed by atoms with van der Waals surface area (Å²) < 4.78 is 32.2. The molecule has 2 aliphatic rings. The Labute approximate surface area is 184 Å². The largest absolute Gasteiger partial charge is 0.481 e. The summed E-state index contributed by atoms with van der Waals surface area (Å²) in [5, 5.41) is 16.3. The highest BCUT2D eigenvalue weighted by molar-refractivity contribution is 5.93. The topological polar surface area (TPSA) is 95.7 Å². The van der Waals surface area contributed by atoms with Gasteiger partial charge in [-0.05, 0) is 37.3 Å². The first-order chi connectivity index (χ1) is 15.4. The van der Waals surface area contributed by atoms with Gasteiger partial charge in [0.25, 0.3) is 5.91 Å². The van der Waals surface area contributed by atoms with Crippen molar-refractivity contribution in [1.82, 2.24) is 15.4 Å². The van der Waals surface area contributed by atoms with Crippen LogP contribution >= 0.6 is 0 Å². The molecule has 1 aliphatic carbocycles. The fourth-order valence-electron chi connectivity index (χ4n) is 5.12. The van der Waals surface area contributed by atoms with Gasteiger partial charge < -0.3 is 14.9 Å². The lowest BCUT2D eigenvalue weighted by Gasteiger charge is -2.41. The van der Waals surface area contributed by atoms with Gasteiger partial charge in [-0.1, -0.05) is 24.9 Å². The summed E-state index contributed by atoms with van der Waals surface area (Å²) in [5.41, 5.74) is -0.103. The minimum absolute atomic E-state index is 0.0101. The Morgan fingerprint density at radius 2 is 2.06 bits per heavy atom. The van der Waals surface area contributed by atoms with E-state index in [9.17, 15) is 23.5 Å². The quantitative estimate of drug-likeness (QED) is 0.701. The Bertz CT molecular complexity index is 995. The maximum atomic E-state index is 14.0. The number of amides is 1. The van der Waals surface area contributed by atoms with Gasteiger partial charge in [0, 0.05) is 37.3 Å². The van der Waals surface area contributed by atoms with Crippen LogP contribution in [0.4, 0.5) is 8.78 Å². The summed E-state index contributed by atoms with van der Waals surface area (Å²) >= 11 is 0. The number of carboxylic acids is 1. The lowest BCUT2D eigenvalue weighted by Crippen LogP contribution is -2.56. The van der Waals surface area contributed by atoms with Crippen LogP contribution in [0.5, 0.6) is 0 Å². The summed E-state index contributed by atoms with van der Waals surface area (Å²) in [5.74, 6) is -3.23. The number of carbonyl (C=O) groups is 2. The number of likely N-dealkylation sites (tertiary alicyclic amines) is 1. The SMILES string of the molecule is CCC1CCCC1N1CC[C@@H](NC(=O)c2cc(-c3ccc(F)cc3F)on2)[C@H](C(=O)O)C1. The first-order valence-corrected chi connectivity index (χ1v) is 11.1. The third kappa shape index (κ3) is 4.53. The Kier molecular flexibility index (Phi) is 6.55. The van der Waals surface area contributed by atoms with Gasteiger partial charge in [-0.25, -0.2) is 8.78 Å². The van der Waals surface area contributed by atoms with Crippen molar-refractivity contribution in [2.45, 2.75) is 51.1 Å². The van der Waals surface area contributed by atoms with Crippen LogP contribution in [-0.4, -0.2) is 52.2 Å². The number of aliphatic carboxylic acids is 1. The second-order valence-corrected chi connectivity index (χ2v) is 8.68. The van der Waals surface area contributed by atoms with Gasteiger partial charge in [0.2, 0.25) is 0 Å².